The Morgan fingerprint density at radius 2 is 2.19 bits per heavy atom. The van der Waals surface area contributed by atoms with Crippen LogP contribution in [-0.2, 0) is 29.7 Å². The molecule has 0 aromatic carbocycles. The minimum absolute atomic E-state index is 0.226. The predicted molar refractivity (Wildman–Crippen MR) is 98.4 cm³/mol. The number of piperidine rings is 1. The standard InChI is InChI=1S/C20H28N4O2/c1-23-12-17(11-22-23)13-24-8-5-20(6-9-24)10-19(26-16-20)15-25-14-18-4-2-3-7-21-18/h2-4,7,11-12,19H,5-6,8-10,13-16H2,1H3/t19-/m1/s1. The lowest BCUT2D eigenvalue weighted by atomic mass is 9.76. The van der Waals surface area contributed by atoms with Gasteiger partial charge in [0, 0.05) is 31.5 Å². The van der Waals surface area contributed by atoms with E-state index in [0.717, 1.165) is 38.4 Å². The zero-order valence-electron chi connectivity index (χ0n) is 15.5. The van der Waals surface area contributed by atoms with E-state index in [0.29, 0.717) is 18.6 Å². The molecule has 0 saturated carbocycles. The smallest absolute Gasteiger partial charge is 0.0889 e. The molecule has 0 aliphatic carbocycles. The molecule has 2 aliphatic heterocycles. The van der Waals surface area contributed by atoms with Crippen LogP contribution in [0.3, 0.4) is 0 Å². The van der Waals surface area contributed by atoms with Gasteiger partial charge in [0.25, 0.3) is 0 Å². The number of aryl methyl sites for hydroxylation is 1. The Labute approximate surface area is 155 Å². The maximum Gasteiger partial charge on any atom is 0.0889 e. The molecular weight excluding hydrogens is 328 g/mol. The highest BCUT2D eigenvalue weighted by Gasteiger charge is 2.42. The molecule has 4 rings (SSSR count). The van der Waals surface area contributed by atoms with E-state index in [1.165, 1.54) is 18.4 Å². The lowest BCUT2D eigenvalue weighted by molar-refractivity contribution is 0.00554. The molecule has 0 radical (unpaired) electrons. The number of ether oxygens (including phenoxy) is 2. The Morgan fingerprint density at radius 3 is 2.92 bits per heavy atom. The highest BCUT2D eigenvalue weighted by atomic mass is 16.5. The predicted octanol–water partition coefficient (Wildman–Crippen LogP) is 2.40. The average molecular weight is 356 g/mol. The van der Waals surface area contributed by atoms with Crippen LogP contribution in [-0.4, -0.2) is 52.1 Å². The van der Waals surface area contributed by atoms with Crippen molar-refractivity contribution in [2.75, 3.05) is 26.3 Å². The SMILES string of the molecule is Cn1cc(CN2CCC3(CC2)CO[C@@H](COCc2ccccn2)C3)cn1. The fourth-order valence-corrected chi connectivity index (χ4v) is 4.13. The van der Waals surface area contributed by atoms with Gasteiger partial charge in [0.15, 0.2) is 0 Å². The first-order valence-corrected chi connectivity index (χ1v) is 9.50. The largest absolute Gasteiger partial charge is 0.375 e. The van der Waals surface area contributed by atoms with Crippen LogP contribution >= 0.6 is 0 Å². The van der Waals surface area contributed by atoms with E-state index in [9.17, 15) is 0 Å². The molecule has 0 amide bonds. The van der Waals surface area contributed by atoms with Crippen LogP contribution < -0.4 is 0 Å². The van der Waals surface area contributed by atoms with Gasteiger partial charge in [-0.15, -0.1) is 0 Å². The van der Waals surface area contributed by atoms with Crippen molar-refractivity contribution in [3.05, 3.63) is 48.0 Å². The van der Waals surface area contributed by atoms with Gasteiger partial charge < -0.3 is 9.47 Å². The second-order valence-corrected chi connectivity index (χ2v) is 7.77. The zero-order valence-corrected chi connectivity index (χ0v) is 15.5. The topological polar surface area (TPSA) is 52.4 Å². The van der Waals surface area contributed by atoms with E-state index in [1.807, 2.05) is 36.1 Å². The van der Waals surface area contributed by atoms with Gasteiger partial charge in [0.2, 0.25) is 0 Å². The Morgan fingerprint density at radius 1 is 1.31 bits per heavy atom. The van der Waals surface area contributed by atoms with Crippen LogP contribution in [0.25, 0.3) is 0 Å². The summed E-state index contributed by atoms with van der Waals surface area (Å²) in [5, 5.41) is 4.27. The first kappa shape index (κ1) is 17.6. The van der Waals surface area contributed by atoms with Crippen LogP contribution in [0.15, 0.2) is 36.8 Å². The Hall–Kier alpha value is -1.76. The third kappa shape index (κ3) is 4.31. The number of nitrogens with zero attached hydrogens (tertiary/aromatic N) is 4. The van der Waals surface area contributed by atoms with Crippen molar-refractivity contribution >= 4 is 0 Å². The minimum Gasteiger partial charge on any atom is -0.375 e. The molecule has 140 valence electrons. The third-order valence-electron chi connectivity index (χ3n) is 5.65. The molecule has 2 aromatic rings. The van der Waals surface area contributed by atoms with Crippen molar-refractivity contribution in [1.29, 1.82) is 0 Å². The molecule has 6 nitrogen and oxygen atoms in total. The Kier molecular flexibility index (Phi) is 5.33. The molecule has 4 heterocycles. The molecule has 2 aromatic heterocycles. The summed E-state index contributed by atoms with van der Waals surface area (Å²) < 4.78 is 13.8. The van der Waals surface area contributed by atoms with Crippen molar-refractivity contribution in [3.63, 3.8) is 0 Å². The number of hydrogen-bond donors (Lipinski definition) is 0. The quantitative estimate of drug-likeness (QED) is 0.796. The monoisotopic (exact) mass is 356 g/mol. The maximum atomic E-state index is 6.06. The van der Waals surface area contributed by atoms with Crippen LogP contribution in [0.4, 0.5) is 0 Å². The number of hydrogen-bond acceptors (Lipinski definition) is 5. The lowest BCUT2D eigenvalue weighted by Crippen LogP contribution is -2.40. The van der Waals surface area contributed by atoms with Gasteiger partial charge >= 0.3 is 0 Å². The van der Waals surface area contributed by atoms with Gasteiger partial charge in [-0.2, -0.15) is 5.10 Å². The van der Waals surface area contributed by atoms with Crippen molar-refractivity contribution in [2.24, 2.45) is 12.5 Å². The average Bonchev–Trinajstić information content (AvgIpc) is 3.25. The summed E-state index contributed by atoms with van der Waals surface area (Å²) in [4.78, 5) is 6.83. The Balaban J connectivity index is 1.20. The molecule has 2 aliphatic rings. The van der Waals surface area contributed by atoms with E-state index >= 15 is 0 Å². The van der Waals surface area contributed by atoms with E-state index < -0.39 is 0 Å². The van der Waals surface area contributed by atoms with Crippen LogP contribution in [0.1, 0.15) is 30.5 Å². The minimum atomic E-state index is 0.226. The molecule has 0 N–H and O–H groups in total. The van der Waals surface area contributed by atoms with Crippen LogP contribution in [0.2, 0.25) is 0 Å². The van der Waals surface area contributed by atoms with E-state index in [-0.39, 0.29) is 6.10 Å². The van der Waals surface area contributed by atoms with Gasteiger partial charge in [-0.25, -0.2) is 0 Å². The summed E-state index contributed by atoms with van der Waals surface area (Å²) in [6, 6.07) is 5.91. The van der Waals surface area contributed by atoms with Crippen molar-refractivity contribution < 1.29 is 9.47 Å². The number of aromatic nitrogens is 3. The van der Waals surface area contributed by atoms with Crippen molar-refractivity contribution in [1.82, 2.24) is 19.7 Å². The first-order chi connectivity index (χ1) is 12.7. The number of rotatable bonds is 6. The van der Waals surface area contributed by atoms with Crippen molar-refractivity contribution in [2.45, 2.75) is 38.5 Å². The first-order valence-electron chi connectivity index (χ1n) is 9.50. The molecule has 6 heteroatoms. The molecular formula is C20H28N4O2. The fourth-order valence-electron chi connectivity index (χ4n) is 4.13. The van der Waals surface area contributed by atoms with Gasteiger partial charge in [-0.05, 0) is 49.9 Å². The summed E-state index contributed by atoms with van der Waals surface area (Å²) in [6.07, 6.45) is 9.66. The summed E-state index contributed by atoms with van der Waals surface area (Å²) in [7, 11) is 1.97. The van der Waals surface area contributed by atoms with Crippen LogP contribution in [0, 0.1) is 5.41 Å². The summed E-state index contributed by atoms with van der Waals surface area (Å²) in [5.41, 5.74) is 2.63. The van der Waals surface area contributed by atoms with Gasteiger partial charge in [-0.3, -0.25) is 14.6 Å². The molecule has 2 saturated heterocycles. The van der Waals surface area contributed by atoms with E-state index in [4.69, 9.17) is 9.47 Å². The summed E-state index contributed by atoms with van der Waals surface area (Å²) in [6.45, 7) is 5.39. The molecule has 0 unspecified atom stereocenters. The second-order valence-electron chi connectivity index (χ2n) is 7.77. The highest BCUT2D eigenvalue weighted by Crippen LogP contribution is 2.42. The third-order valence-corrected chi connectivity index (χ3v) is 5.65. The van der Waals surface area contributed by atoms with E-state index in [2.05, 4.69) is 21.2 Å². The lowest BCUT2D eigenvalue weighted by Gasteiger charge is -2.38. The second kappa shape index (κ2) is 7.86. The molecule has 1 spiro atoms. The summed E-state index contributed by atoms with van der Waals surface area (Å²) >= 11 is 0. The number of pyridine rings is 1. The molecule has 2 fully saturated rings. The zero-order chi connectivity index (χ0) is 17.8. The molecule has 26 heavy (non-hydrogen) atoms. The fraction of sp³-hybridized carbons (Fsp3) is 0.600. The molecule has 0 bridgehead atoms. The molecule has 1 atom stereocenters. The van der Waals surface area contributed by atoms with Gasteiger partial charge in [-0.1, -0.05) is 6.07 Å². The number of likely N-dealkylation sites (tertiary alicyclic amines) is 1. The Bertz CT molecular complexity index is 695. The van der Waals surface area contributed by atoms with Crippen LogP contribution in [0.5, 0.6) is 0 Å². The normalized spacial score (nSPS) is 22.9. The summed E-state index contributed by atoms with van der Waals surface area (Å²) in [5.74, 6) is 0. The van der Waals surface area contributed by atoms with Gasteiger partial charge in [0.1, 0.15) is 0 Å². The highest BCUT2D eigenvalue weighted by molar-refractivity contribution is 5.04. The van der Waals surface area contributed by atoms with Crippen molar-refractivity contribution in [3.8, 4) is 0 Å². The van der Waals surface area contributed by atoms with Gasteiger partial charge in [0.05, 0.1) is 37.8 Å². The maximum absolute atomic E-state index is 6.06. The van der Waals surface area contributed by atoms with E-state index in [1.54, 1.807) is 6.20 Å².